The Morgan fingerprint density at radius 3 is 2.55 bits per heavy atom. The molecule has 2 aromatic rings. The van der Waals surface area contributed by atoms with Crippen molar-refractivity contribution in [3.8, 4) is 0 Å². The molecule has 1 heteroatoms. The van der Waals surface area contributed by atoms with E-state index >= 15 is 0 Å². The van der Waals surface area contributed by atoms with Gasteiger partial charge in [0.25, 0.3) is 0 Å². The number of hydrogen-bond acceptors (Lipinski definition) is 1. The third-order valence-electron chi connectivity index (χ3n) is 5.03. The third-order valence-corrected chi connectivity index (χ3v) is 5.03. The number of aryl methyl sites for hydroxylation is 1. The van der Waals surface area contributed by atoms with Crippen LogP contribution < -0.4 is 4.90 Å². The zero-order valence-electron chi connectivity index (χ0n) is 11.8. The highest BCUT2D eigenvalue weighted by molar-refractivity contribution is 5.50. The molecule has 0 radical (unpaired) electrons. The van der Waals surface area contributed by atoms with Crippen LogP contribution in [-0.4, -0.2) is 12.6 Å². The molecule has 0 saturated carbocycles. The van der Waals surface area contributed by atoms with Gasteiger partial charge < -0.3 is 4.90 Å². The number of anilines is 1. The molecule has 1 nitrogen and oxygen atoms in total. The molecule has 1 aliphatic carbocycles. The molecule has 0 N–H and O–H groups in total. The van der Waals surface area contributed by atoms with Gasteiger partial charge in [-0.3, -0.25) is 0 Å². The first-order chi connectivity index (χ1) is 9.93. The Balaban J connectivity index is 1.66. The maximum Gasteiger partial charge on any atom is 0.0368 e. The minimum atomic E-state index is 0.695. The quantitative estimate of drug-likeness (QED) is 0.777. The van der Waals surface area contributed by atoms with E-state index in [0.717, 1.165) is 5.92 Å². The van der Waals surface area contributed by atoms with Crippen LogP contribution in [0.4, 0.5) is 5.69 Å². The summed E-state index contributed by atoms with van der Waals surface area (Å²) in [4.78, 5) is 2.65. The van der Waals surface area contributed by atoms with Gasteiger partial charge in [-0.1, -0.05) is 42.5 Å². The van der Waals surface area contributed by atoms with E-state index in [-0.39, 0.29) is 0 Å². The first-order valence-corrected chi connectivity index (χ1v) is 7.83. The van der Waals surface area contributed by atoms with Crippen LogP contribution in [0.25, 0.3) is 0 Å². The third kappa shape index (κ3) is 1.93. The Kier molecular flexibility index (Phi) is 2.99. The number of hydrogen-bond donors (Lipinski definition) is 0. The molecule has 20 heavy (non-hydrogen) atoms. The summed E-state index contributed by atoms with van der Waals surface area (Å²) >= 11 is 0. The summed E-state index contributed by atoms with van der Waals surface area (Å²) in [7, 11) is 0. The molecule has 102 valence electrons. The lowest BCUT2D eigenvalue weighted by molar-refractivity contribution is 0.526. The van der Waals surface area contributed by atoms with E-state index in [1.807, 2.05) is 0 Å². The molecule has 0 unspecified atom stereocenters. The molecular weight excluding hydrogens is 242 g/mol. The van der Waals surface area contributed by atoms with E-state index in [0.29, 0.717) is 6.04 Å². The second kappa shape index (κ2) is 4.97. The van der Waals surface area contributed by atoms with Crippen molar-refractivity contribution in [2.75, 3.05) is 11.4 Å². The Hall–Kier alpha value is -1.76. The first kappa shape index (κ1) is 12.0. The zero-order chi connectivity index (χ0) is 13.4. The van der Waals surface area contributed by atoms with E-state index in [2.05, 4.69) is 59.5 Å². The van der Waals surface area contributed by atoms with Gasteiger partial charge in [0.05, 0.1) is 0 Å². The second-order valence-electron chi connectivity index (χ2n) is 6.08. The fourth-order valence-corrected chi connectivity index (χ4v) is 4.14. The number of rotatable bonds is 2. The van der Waals surface area contributed by atoms with Gasteiger partial charge in [0, 0.05) is 24.2 Å². The van der Waals surface area contributed by atoms with Gasteiger partial charge in [-0.05, 0) is 48.9 Å². The molecule has 2 aliphatic rings. The first-order valence-electron chi connectivity index (χ1n) is 7.83. The van der Waals surface area contributed by atoms with E-state index in [9.17, 15) is 0 Å². The molecule has 4 rings (SSSR count). The van der Waals surface area contributed by atoms with Gasteiger partial charge in [0.15, 0.2) is 0 Å². The molecule has 0 aromatic heterocycles. The Morgan fingerprint density at radius 1 is 0.850 bits per heavy atom. The molecule has 0 spiro atoms. The summed E-state index contributed by atoms with van der Waals surface area (Å²) in [6, 6.07) is 20.7. The highest BCUT2D eigenvalue weighted by Gasteiger charge is 2.35. The van der Waals surface area contributed by atoms with Crippen molar-refractivity contribution in [3.63, 3.8) is 0 Å². The topological polar surface area (TPSA) is 3.24 Å². The lowest BCUT2D eigenvalue weighted by atomic mass is 9.91. The average molecular weight is 263 g/mol. The van der Waals surface area contributed by atoms with Gasteiger partial charge in [-0.25, -0.2) is 0 Å². The molecule has 2 aromatic carbocycles. The van der Waals surface area contributed by atoms with Gasteiger partial charge in [-0.15, -0.1) is 0 Å². The predicted molar refractivity (Wildman–Crippen MR) is 84.3 cm³/mol. The smallest absolute Gasteiger partial charge is 0.0368 e. The van der Waals surface area contributed by atoms with Crippen LogP contribution in [0, 0.1) is 0 Å². The molecular formula is C19H21N. The van der Waals surface area contributed by atoms with E-state index in [4.69, 9.17) is 0 Å². The standard InChI is InChI=1S/C19H21N/c1-2-8-16(9-3-1)20-14-6-11-19(20)18-13-12-15-7-4-5-10-17(15)18/h1-5,7-10,18-19H,6,11-14H2/t18-,19+/m0/s1. The van der Waals surface area contributed by atoms with E-state index in [1.54, 1.807) is 11.1 Å². The largest absolute Gasteiger partial charge is 0.368 e. The van der Waals surface area contributed by atoms with Crippen LogP contribution in [0.1, 0.15) is 36.3 Å². The van der Waals surface area contributed by atoms with Gasteiger partial charge in [0.2, 0.25) is 0 Å². The molecule has 1 saturated heterocycles. The maximum absolute atomic E-state index is 2.65. The lowest BCUT2D eigenvalue weighted by Crippen LogP contribution is -2.33. The van der Waals surface area contributed by atoms with Crippen LogP contribution in [0.3, 0.4) is 0 Å². The Labute approximate surface area is 121 Å². The molecule has 0 amide bonds. The van der Waals surface area contributed by atoms with Crippen LogP contribution in [0.5, 0.6) is 0 Å². The summed E-state index contributed by atoms with van der Waals surface area (Å²) in [6.45, 7) is 1.22. The highest BCUT2D eigenvalue weighted by atomic mass is 15.2. The van der Waals surface area contributed by atoms with Gasteiger partial charge in [-0.2, -0.15) is 0 Å². The minimum Gasteiger partial charge on any atom is -0.368 e. The summed E-state index contributed by atoms with van der Waals surface area (Å²) in [5.74, 6) is 0.730. The summed E-state index contributed by atoms with van der Waals surface area (Å²) < 4.78 is 0. The minimum absolute atomic E-state index is 0.695. The molecule has 1 heterocycles. The number of fused-ring (bicyclic) bond motifs is 1. The maximum atomic E-state index is 2.65. The van der Waals surface area contributed by atoms with Crippen molar-refractivity contribution >= 4 is 5.69 Å². The van der Waals surface area contributed by atoms with Gasteiger partial charge in [0.1, 0.15) is 0 Å². The van der Waals surface area contributed by atoms with Crippen molar-refractivity contribution in [2.45, 2.75) is 37.6 Å². The molecule has 1 aliphatic heterocycles. The van der Waals surface area contributed by atoms with E-state index < -0.39 is 0 Å². The fourth-order valence-electron chi connectivity index (χ4n) is 4.14. The SMILES string of the molecule is c1ccc(N2CCC[C@@H]2[C@H]2CCc3ccccc32)cc1. The second-order valence-corrected chi connectivity index (χ2v) is 6.08. The predicted octanol–water partition coefficient (Wildman–Crippen LogP) is 4.39. The van der Waals surface area contributed by atoms with Crippen LogP contribution >= 0.6 is 0 Å². The lowest BCUT2D eigenvalue weighted by Gasteiger charge is -2.32. The highest BCUT2D eigenvalue weighted by Crippen LogP contribution is 2.42. The fraction of sp³-hybridized carbons (Fsp3) is 0.368. The summed E-state index contributed by atoms with van der Waals surface area (Å²) in [6.07, 6.45) is 5.26. The van der Waals surface area contributed by atoms with Crippen molar-refractivity contribution in [1.29, 1.82) is 0 Å². The molecule has 1 fully saturated rings. The number of para-hydroxylation sites is 1. The number of benzene rings is 2. The average Bonchev–Trinajstić information content (AvgIpc) is 3.14. The number of nitrogens with zero attached hydrogens (tertiary/aromatic N) is 1. The van der Waals surface area contributed by atoms with Crippen molar-refractivity contribution < 1.29 is 0 Å². The zero-order valence-corrected chi connectivity index (χ0v) is 11.8. The normalized spacial score (nSPS) is 24.9. The van der Waals surface area contributed by atoms with Gasteiger partial charge >= 0.3 is 0 Å². The van der Waals surface area contributed by atoms with Crippen molar-refractivity contribution in [3.05, 3.63) is 65.7 Å². The van der Waals surface area contributed by atoms with Crippen molar-refractivity contribution in [2.24, 2.45) is 0 Å². The Bertz CT molecular complexity index is 590. The molecule has 0 bridgehead atoms. The summed E-state index contributed by atoms with van der Waals surface area (Å²) in [5, 5.41) is 0. The Morgan fingerprint density at radius 2 is 1.65 bits per heavy atom. The van der Waals surface area contributed by atoms with Crippen molar-refractivity contribution in [1.82, 2.24) is 0 Å². The van der Waals surface area contributed by atoms with E-state index in [1.165, 1.54) is 37.9 Å². The monoisotopic (exact) mass is 263 g/mol. The van der Waals surface area contributed by atoms with Crippen LogP contribution in [-0.2, 0) is 6.42 Å². The summed E-state index contributed by atoms with van der Waals surface area (Å²) in [5.41, 5.74) is 4.59. The van der Waals surface area contributed by atoms with Crippen LogP contribution in [0.15, 0.2) is 54.6 Å². The van der Waals surface area contributed by atoms with Crippen LogP contribution in [0.2, 0.25) is 0 Å². The molecule has 2 atom stereocenters.